The number of piperazine rings is 1. The minimum atomic E-state index is 0.403. The first-order valence-electron chi connectivity index (χ1n) is 10.5. The second-order valence-electron chi connectivity index (χ2n) is 8.23. The van der Waals surface area contributed by atoms with Crippen molar-refractivity contribution >= 4 is 0 Å². The van der Waals surface area contributed by atoms with Crippen LogP contribution in [0.4, 0.5) is 0 Å². The minimum Gasteiger partial charge on any atom is -0.493 e. The highest BCUT2D eigenvalue weighted by Gasteiger charge is 2.45. The third-order valence-electron chi connectivity index (χ3n) is 6.36. The van der Waals surface area contributed by atoms with Crippen LogP contribution in [0.1, 0.15) is 24.0 Å². The number of nitrogens with zero attached hydrogens (tertiary/aromatic N) is 2. The summed E-state index contributed by atoms with van der Waals surface area (Å²) in [6.07, 6.45) is 2.64. The number of rotatable bonds is 8. The predicted molar refractivity (Wildman–Crippen MR) is 115 cm³/mol. The zero-order valence-electron chi connectivity index (χ0n) is 17.8. The molecule has 1 heterocycles. The van der Waals surface area contributed by atoms with Crippen molar-refractivity contribution in [2.24, 2.45) is 0 Å². The van der Waals surface area contributed by atoms with Crippen molar-refractivity contribution in [1.82, 2.24) is 9.80 Å². The molecule has 0 bridgehead atoms. The van der Waals surface area contributed by atoms with Crippen LogP contribution < -0.4 is 14.2 Å². The molecule has 2 fully saturated rings. The summed E-state index contributed by atoms with van der Waals surface area (Å²) < 4.78 is 16.4. The van der Waals surface area contributed by atoms with Crippen molar-refractivity contribution in [3.05, 3.63) is 53.6 Å². The largest absolute Gasteiger partial charge is 0.493 e. The van der Waals surface area contributed by atoms with Gasteiger partial charge >= 0.3 is 0 Å². The second kappa shape index (κ2) is 8.64. The van der Waals surface area contributed by atoms with E-state index in [9.17, 15) is 0 Å². The van der Waals surface area contributed by atoms with Crippen LogP contribution in [0.3, 0.4) is 0 Å². The van der Waals surface area contributed by atoms with Crippen LogP contribution in [0.15, 0.2) is 42.5 Å². The van der Waals surface area contributed by atoms with Gasteiger partial charge in [0.1, 0.15) is 0 Å². The van der Waals surface area contributed by atoms with Crippen molar-refractivity contribution in [1.29, 1.82) is 0 Å². The number of ether oxygens (including phenoxy) is 3. The molecule has 1 saturated heterocycles. The van der Waals surface area contributed by atoms with E-state index in [2.05, 4.69) is 52.3 Å². The summed E-state index contributed by atoms with van der Waals surface area (Å²) >= 11 is 0. The number of hydrogen-bond donors (Lipinski definition) is 0. The van der Waals surface area contributed by atoms with E-state index in [-0.39, 0.29) is 0 Å². The molecule has 1 aliphatic heterocycles. The molecule has 1 aliphatic carbocycles. The average molecular weight is 397 g/mol. The van der Waals surface area contributed by atoms with Gasteiger partial charge in [0.15, 0.2) is 11.5 Å². The summed E-state index contributed by atoms with van der Waals surface area (Å²) in [6, 6.07) is 15.2. The fraction of sp³-hybridized carbons (Fsp3) is 0.500. The molecular formula is C24H32N2O3. The molecule has 4 rings (SSSR count). The highest BCUT2D eigenvalue weighted by molar-refractivity contribution is 5.53. The molecule has 5 heteroatoms. The number of hydrogen-bond acceptors (Lipinski definition) is 5. The first-order chi connectivity index (χ1) is 14.2. The smallest absolute Gasteiger partial charge is 0.203 e. The maximum absolute atomic E-state index is 5.50. The zero-order valence-corrected chi connectivity index (χ0v) is 17.8. The SMILES string of the molecule is COc1cc(CN2CCN(CC3(c4ccccc4)CC3)CC2)cc(OC)c1OC. The molecule has 156 valence electrons. The highest BCUT2D eigenvalue weighted by Crippen LogP contribution is 2.48. The molecule has 2 aliphatic rings. The van der Waals surface area contributed by atoms with Gasteiger partial charge in [-0.15, -0.1) is 0 Å². The van der Waals surface area contributed by atoms with Crippen LogP contribution in [0.2, 0.25) is 0 Å². The average Bonchev–Trinajstić information content (AvgIpc) is 3.55. The Bertz CT molecular complexity index is 787. The zero-order chi connectivity index (χ0) is 20.3. The van der Waals surface area contributed by atoms with Crippen LogP contribution >= 0.6 is 0 Å². The lowest BCUT2D eigenvalue weighted by Crippen LogP contribution is -2.48. The molecule has 2 aromatic carbocycles. The summed E-state index contributed by atoms with van der Waals surface area (Å²) in [6.45, 7) is 6.50. The molecule has 0 atom stereocenters. The number of methoxy groups -OCH3 is 3. The van der Waals surface area contributed by atoms with Gasteiger partial charge in [0.05, 0.1) is 21.3 Å². The summed E-state index contributed by atoms with van der Waals surface area (Å²) in [5, 5.41) is 0. The number of benzene rings is 2. The Labute approximate surface area is 174 Å². The molecule has 29 heavy (non-hydrogen) atoms. The molecule has 0 N–H and O–H groups in total. The lowest BCUT2D eigenvalue weighted by molar-refractivity contribution is 0.119. The van der Waals surface area contributed by atoms with Crippen LogP contribution in [0.5, 0.6) is 17.2 Å². The fourth-order valence-corrected chi connectivity index (χ4v) is 4.50. The lowest BCUT2D eigenvalue weighted by atomic mass is 9.95. The Kier molecular flexibility index (Phi) is 5.97. The van der Waals surface area contributed by atoms with E-state index in [0.29, 0.717) is 11.2 Å². The van der Waals surface area contributed by atoms with E-state index in [0.717, 1.165) is 44.2 Å². The quantitative estimate of drug-likeness (QED) is 0.682. The van der Waals surface area contributed by atoms with Crippen molar-refractivity contribution in [3.63, 3.8) is 0 Å². The Morgan fingerprint density at radius 2 is 1.38 bits per heavy atom. The first-order valence-corrected chi connectivity index (χ1v) is 10.5. The van der Waals surface area contributed by atoms with Gasteiger partial charge in [-0.3, -0.25) is 9.80 Å². The normalized spacial score (nSPS) is 19.0. The predicted octanol–water partition coefficient (Wildman–Crippen LogP) is 3.56. The van der Waals surface area contributed by atoms with Crippen molar-refractivity contribution in [2.45, 2.75) is 24.8 Å². The Morgan fingerprint density at radius 3 is 1.90 bits per heavy atom. The van der Waals surface area contributed by atoms with E-state index in [4.69, 9.17) is 14.2 Å². The third kappa shape index (κ3) is 4.36. The molecular weight excluding hydrogens is 364 g/mol. The van der Waals surface area contributed by atoms with E-state index < -0.39 is 0 Å². The first kappa shape index (κ1) is 20.0. The van der Waals surface area contributed by atoms with E-state index >= 15 is 0 Å². The van der Waals surface area contributed by atoms with Crippen molar-refractivity contribution in [2.75, 3.05) is 54.1 Å². The van der Waals surface area contributed by atoms with Gasteiger partial charge in [-0.05, 0) is 36.1 Å². The van der Waals surface area contributed by atoms with Gasteiger partial charge in [0.25, 0.3) is 0 Å². The fourth-order valence-electron chi connectivity index (χ4n) is 4.50. The monoisotopic (exact) mass is 396 g/mol. The highest BCUT2D eigenvalue weighted by atomic mass is 16.5. The van der Waals surface area contributed by atoms with Gasteiger partial charge in [0, 0.05) is 44.7 Å². The van der Waals surface area contributed by atoms with Gasteiger partial charge in [-0.25, -0.2) is 0 Å². The molecule has 0 aromatic heterocycles. The van der Waals surface area contributed by atoms with Crippen LogP contribution in [0, 0.1) is 0 Å². The van der Waals surface area contributed by atoms with Gasteiger partial charge in [-0.2, -0.15) is 0 Å². The molecule has 5 nitrogen and oxygen atoms in total. The lowest BCUT2D eigenvalue weighted by Gasteiger charge is -2.37. The maximum Gasteiger partial charge on any atom is 0.203 e. The van der Waals surface area contributed by atoms with E-state index in [1.165, 1.54) is 30.5 Å². The molecule has 2 aromatic rings. The van der Waals surface area contributed by atoms with Crippen LogP contribution in [0.25, 0.3) is 0 Å². The minimum absolute atomic E-state index is 0.403. The van der Waals surface area contributed by atoms with Crippen molar-refractivity contribution in [3.8, 4) is 17.2 Å². The van der Waals surface area contributed by atoms with Crippen LogP contribution in [-0.2, 0) is 12.0 Å². The Hall–Kier alpha value is -2.24. The van der Waals surface area contributed by atoms with Crippen molar-refractivity contribution < 1.29 is 14.2 Å². The molecule has 1 saturated carbocycles. The van der Waals surface area contributed by atoms with Gasteiger partial charge in [0.2, 0.25) is 5.75 Å². The Balaban J connectivity index is 1.35. The van der Waals surface area contributed by atoms with Gasteiger partial charge < -0.3 is 14.2 Å². The summed E-state index contributed by atoms with van der Waals surface area (Å²) in [4.78, 5) is 5.16. The standard InChI is InChI=1S/C24H32N2O3/c1-27-21-15-19(16-22(28-2)23(21)29-3)17-25-11-13-26(14-12-25)18-24(9-10-24)20-7-5-4-6-8-20/h4-8,15-16H,9-14,17-18H2,1-3H3. The maximum atomic E-state index is 5.50. The topological polar surface area (TPSA) is 34.2 Å². The van der Waals surface area contributed by atoms with Crippen LogP contribution in [-0.4, -0.2) is 63.9 Å². The van der Waals surface area contributed by atoms with E-state index in [1.807, 2.05) is 0 Å². The molecule has 0 radical (unpaired) electrons. The molecule has 0 spiro atoms. The molecule has 0 amide bonds. The third-order valence-corrected chi connectivity index (χ3v) is 6.36. The summed E-state index contributed by atoms with van der Waals surface area (Å²) in [5.74, 6) is 2.09. The summed E-state index contributed by atoms with van der Waals surface area (Å²) in [7, 11) is 4.97. The summed E-state index contributed by atoms with van der Waals surface area (Å²) in [5.41, 5.74) is 3.11. The van der Waals surface area contributed by atoms with Gasteiger partial charge in [-0.1, -0.05) is 30.3 Å². The Morgan fingerprint density at radius 1 is 0.793 bits per heavy atom. The van der Waals surface area contributed by atoms with E-state index in [1.54, 1.807) is 21.3 Å². The second-order valence-corrected chi connectivity index (χ2v) is 8.23. The molecule has 0 unspecified atom stereocenters.